The van der Waals surface area contributed by atoms with Gasteiger partial charge in [0.05, 0.1) is 10.6 Å². The number of rotatable bonds is 6. The van der Waals surface area contributed by atoms with E-state index in [-0.39, 0.29) is 16.3 Å². The third-order valence-corrected chi connectivity index (χ3v) is 4.34. The van der Waals surface area contributed by atoms with Gasteiger partial charge in [-0.25, -0.2) is 13.1 Å². The minimum atomic E-state index is -3.81. The second kappa shape index (κ2) is 5.11. The second-order valence-corrected chi connectivity index (χ2v) is 6.11. The lowest BCUT2D eigenvalue weighted by Gasteiger charge is -2.10. The van der Waals surface area contributed by atoms with Crippen molar-refractivity contribution in [2.24, 2.45) is 11.8 Å². The lowest BCUT2D eigenvalue weighted by molar-refractivity contribution is -0.385. The van der Waals surface area contributed by atoms with Crippen molar-refractivity contribution in [3.8, 4) is 0 Å². The molecule has 0 saturated heterocycles. The number of hydrazine groups is 1. The van der Waals surface area contributed by atoms with Crippen LogP contribution in [0.2, 0.25) is 0 Å². The molecule has 0 unspecified atom stereocenters. The van der Waals surface area contributed by atoms with Gasteiger partial charge in [0.25, 0.3) is 5.69 Å². The molecule has 0 atom stereocenters. The number of sulfonamides is 1. The Balaban J connectivity index is 2.33. The molecule has 0 bridgehead atoms. The standard InChI is InChI=1S/C10H14N4O4S/c11-13-9-4-3-8(14(15)16)5-10(9)19(17,18)12-6-7-1-2-7/h3-5,7,12-13H,1-2,6,11H2. The molecule has 9 heteroatoms. The minimum Gasteiger partial charge on any atom is -0.323 e. The summed E-state index contributed by atoms with van der Waals surface area (Å²) >= 11 is 0. The fraction of sp³-hybridized carbons (Fsp3) is 0.400. The molecule has 1 aliphatic carbocycles. The highest BCUT2D eigenvalue weighted by molar-refractivity contribution is 7.89. The van der Waals surface area contributed by atoms with Gasteiger partial charge in [-0.15, -0.1) is 0 Å². The molecule has 0 radical (unpaired) electrons. The largest absolute Gasteiger partial charge is 0.323 e. The van der Waals surface area contributed by atoms with Crippen molar-refractivity contribution in [3.05, 3.63) is 28.3 Å². The van der Waals surface area contributed by atoms with E-state index in [0.29, 0.717) is 12.5 Å². The van der Waals surface area contributed by atoms with E-state index in [1.54, 1.807) is 0 Å². The van der Waals surface area contributed by atoms with E-state index in [9.17, 15) is 18.5 Å². The molecule has 8 nitrogen and oxygen atoms in total. The number of nitro benzene ring substituents is 1. The molecular formula is C10H14N4O4S. The predicted octanol–water partition coefficient (Wildman–Crippen LogP) is 0.569. The van der Waals surface area contributed by atoms with E-state index < -0.39 is 14.9 Å². The van der Waals surface area contributed by atoms with Crippen LogP contribution in [0, 0.1) is 16.0 Å². The third kappa shape index (κ3) is 3.19. The number of non-ortho nitro benzene ring substituents is 1. The Bertz CT molecular complexity index is 598. The van der Waals surface area contributed by atoms with Gasteiger partial charge < -0.3 is 5.43 Å². The third-order valence-electron chi connectivity index (χ3n) is 2.88. The number of hydrogen-bond donors (Lipinski definition) is 3. The summed E-state index contributed by atoms with van der Waals surface area (Å²) in [6, 6.07) is 3.45. The molecular weight excluding hydrogens is 272 g/mol. The van der Waals surface area contributed by atoms with Crippen LogP contribution in [0.25, 0.3) is 0 Å². The first-order valence-corrected chi connectivity index (χ1v) is 7.17. The number of nitrogens with zero attached hydrogens (tertiary/aromatic N) is 1. The first kappa shape index (κ1) is 13.7. The van der Waals surface area contributed by atoms with E-state index in [4.69, 9.17) is 5.84 Å². The summed E-state index contributed by atoms with van der Waals surface area (Å²) in [6.07, 6.45) is 2.00. The summed E-state index contributed by atoms with van der Waals surface area (Å²) in [6.45, 7) is 0.342. The quantitative estimate of drug-likeness (QED) is 0.398. The number of nitrogens with one attached hydrogen (secondary N) is 2. The molecule has 1 fully saturated rings. The molecule has 1 aliphatic rings. The highest BCUT2D eigenvalue weighted by atomic mass is 32.2. The lowest BCUT2D eigenvalue weighted by atomic mass is 10.3. The Morgan fingerprint density at radius 2 is 2.11 bits per heavy atom. The van der Waals surface area contributed by atoms with Crippen molar-refractivity contribution in [1.82, 2.24) is 4.72 Å². The maximum atomic E-state index is 12.1. The van der Waals surface area contributed by atoms with E-state index in [1.165, 1.54) is 12.1 Å². The van der Waals surface area contributed by atoms with Crippen LogP contribution >= 0.6 is 0 Å². The van der Waals surface area contributed by atoms with Gasteiger partial charge in [-0.2, -0.15) is 0 Å². The van der Waals surface area contributed by atoms with Gasteiger partial charge >= 0.3 is 0 Å². The Labute approximate surface area is 110 Å². The van der Waals surface area contributed by atoms with E-state index >= 15 is 0 Å². The van der Waals surface area contributed by atoms with Crippen LogP contribution in [0.15, 0.2) is 23.1 Å². The van der Waals surface area contributed by atoms with Crippen molar-refractivity contribution in [2.75, 3.05) is 12.0 Å². The highest BCUT2D eigenvalue weighted by Crippen LogP contribution is 2.29. The minimum absolute atomic E-state index is 0.119. The normalized spacial score (nSPS) is 15.2. The number of benzene rings is 1. The lowest BCUT2D eigenvalue weighted by Crippen LogP contribution is -2.27. The number of anilines is 1. The van der Waals surface area contributed by atoms with Crippen molar-refractivity contribution < 1.29 is 13.3 Å². The zero-order valence-corrected chi connectivity index (χ0v) is 10.8. The average molecular weight is 286 g/mol. The number of hydrogen-bond acceptors (Lipinski definition) is 6. The van der Waals surface area contributed by atoms with Crippen LogP contribution in [-0.4, -0.2) is 19.9 Å². The van der Waals surface area contributed by atoms with Gasteiger partial charge in [0.1, 0.15) is 4.90 Å². The average Bonchev–Trinajstić information content (AvgIpc) is 3.19. The Morgan fingerprint density at radius 3 is 2.63 bits per heavy atom. The molecule has 1 aromatic carbocycles. The molecule has 1 saturated carbocycles. The molecule has 0 amide bonds. The summed E-state index contributed by atoms with van der Waals surface area (Å²) in [7, 11) is -3.81. The van der Waals surface area contributed by atoms with Crippen molar-refractivity contribution in [3.63, 3.8) is 0 Å². The zero-order valence-electron chi connectivity index (χ0n) is 10.00. The molecule has 19 heavy (non-hydrogen) atoms. The van der Waals surface area contributed by atoms with E-state index in [1.807, 2.05) is 0 Å². The van der Waals surface area contributed by atoms with Crippen LogP contribution < -0.4 is 16.0 Å². The summed E-state index contributed by atoms with van der Waals surface area (Å²) in [5.74, 6) is 5.59. The fourth-order valence-corrected chi connectivity index (χ4v) is 2.90. The monoisotopic (exact) mass is 286 g/mol. The Kier molecular flexibility index (Phi) is 3.69. The first-order chi connectivity index (χ1) is 8.94. The smallest absolute Gasteiger partial charge is 0.270 e. The SMILES string of the molecule is NNc1ccc([N+](=O)[O-])cc1S(=O)(=O)NCC1CC1. The molecule has 0 spiro atoms. The molecule has 1 aromatic rings. The number of nitrogens with two attached hydrogens (primary N) is 1. The van der Waals surface area contributed by atoms with Crippen molar-refractivity contribution in [2.45, 2.75) is 17.7 Å². The first-order valence-electron chi connectivity index (χ1n) is 5.69. The highest BCUT2D eigenvalue weighted by Gasteiger charge is 2.26. The Morgan fingerprint density at radius 1 is 1.42 bits per heavy atom. The van der Waals surface area contributed by atoms with Crippen LogP contribution in [-0.2, 0) is 10.0 Å². The molecule has 0 aromatic heterocycles. The topological polar surface area (TPSA) is 127 Å². The summed E-state index contributed by atoms with van der Waals surface area (Å²) in [5, 5.41) is 10.7. The summed E-state index contributed by atoms with van der Waals surface area (Å²) < 4.78 is 26.6. The van der Waals surface area contributed by atoms with Gasteiger partial charge in [-0.05, 0) is 24.8 Å². The predicted molar refractivity (Wildman–Crippen MR) is 68.8 cm³/mol. The molecule has 104 valence electrons. The van der Waals surface area contributed by atoms with Crippen LogP contribution in [0.3, 0.4) is 0 Å². The maximum Gasteiger partial charge on any atom is 0.270 e. The molecule has 0 heterocycles. The summed E-state index contributed by atoms with van der Waals surface area (Å²) in [5.41, 5.74) is 2.05. The van der Waals surface area contributed by atoms with Crippen LogP contribution in [0.5, 0.6) is 0 Å². The maximum absolute atomic E-state index is 12.1. The zero-order chi connectivity index (χ0) is 14.0. The molecule has 0 aliphatic heterocycles. The second-order valence-electron chi connectivity index (χ2n) is 4.38. The molecule has 4 N–H and O–H groups in total. The Hall–Kier alpha value is -1.71. The van der Waals surface area contributed by atoms with E-state index in [2.05, 4.69) is 10.1 Å². The van der Waals surface area contributed by atoms with Gasteiger partial charge in [-0.3, -0.25) is 16.0 Å². The number of nitrogen functional groups attached to an aromatic ring is 1. The summed E-state index contributed by atoms with van der Waals surface area (Å²) in [4.78, 5) is 9.82. The van der Waals surface area contributed by atoms with E-state index in [0.717, 1.165) is 18.9 Å². The van der Waals surface area contributed by atoms with Gasteiger partial charge in [-0.1, -0.05) is 0 Å². The number of nitro groups is 1. The van der Waals surface area contributed by atoms with Crippen LogP contribution in [0.1, 0.15) is 12.8 Å². The molecule has 2 rings (SSSR count). The van der Waals surface area contributed by atoms with Crippen molar-refractivity contribution in [1.29, 1.82) is 0 Å². The fourth-order valence-electron chi connectivity index (χ4n) is 1.59. The van der Waals surface area contributed by atoms with Gasteiger partial charge in [0.15, 0.2) is 0 Å². The van der Waals surface area contributed by atoms with Crippen molar-refractivity contribution >= 4 is 21.4 Å². The van der Waals surface area contributed by atoms with Crippen LogP contribution in [0.4, 0.5) is 11.4 Å². The van der Waals surface area contributed by atoms with Gasteiger partial charge in [0, 0.05) is 18.7 Å². The van der Waals surface area contributed by atoms with Gasteiger partial charge in [0.2, 0.25) is 10.0 Å².